The number of thiophene rings is 1. The lowest BCUT2D eigenvalue weighted by Gasteiger charge is -2.21. The Morgan fingerprint density at radius 1 is 1.07 bits per heavy atom. The van der Waals surface area contributed by atoms with Crippen molar-refractivity contribution in [1.82, 2.24) is 14.8 Å². The number of thioether (sulfide) groups is 1. The van der Waals surface area contributed by atoms with Gasteiger partial charge in [0.25, 0.3) is 0 Å². The second-order valence-corrected chi connectivity index (χ2v) is 11.0. The van der Waals surface area contributed by atoms with E-state index in [1.165, 1.54) is 30.2 Å². The summed E-state index contributed by atoms with van der Waals surface area (Å²) < 4.78 is 7.01. The number of carbonyl (C=O) groups excluding carboxylic acids is 2. The first-order valence-electron chi connectivity index (χ1n) is 13.0. The molecule has 2 heterocycles. The Hall–Kier alpha value is -3.89. The number of methoxy groups -OCH3 is 1. The lowest BCUT2D eigenvalue weighted by molar-refractivity contribution is -0.113. The van der Waals surface area contributed by atoms with Crippen LogP contribution >= 0.6 is 23.1 Å². The second-order valence-electron chi connectivity index (χ2n) is 8.86. The van der Waals surface area contributed by atoms with Crippen LogP contribution in [0.3, 0.4) is 0 Å². The van der Waals surface area contributed by atoms with Crippen LogP contribution in [0.5, 0.6) is 0 Å². The molecule has 8 nitrogen and oxygen atoms in total. The number of hydrogen-bond donors (Lipinski definition) is 1. The van der Waals surface area contributed by atoms with Crippen molar-refractivity contribution in [1.29, 1.82) is 0 Å². The first-order chi connectivity index (χ1) is 19.4. The Kier molecular flexibility index (Phi) is 9.79. The Labute approximate surface area is 243 Å². The quantitative estimate of drug-likeness (QED) is 0.117. The van der Waals surface area contributed by atoms with Crippen molar-refractivity contribution in [3.63, 3.8) is 0 Å². The Morgan fingerprint density at radius 2 is 1.77 bits per heavy atom. The van der Waals surface area contributed by atoms with Crippen molar-refractivity contribution in [2.75, 3.05) is 36.2 Å². The van der Waals surface area contributed by atoms with Crippen LogP contribution in [0, 0.1) is 6.92 Å². The maximum absolute atomic E-state index is 13.1. The van der Waals surface area contributed by atoms with Crippen LogP contribution in [0.15, 0.2) is 72.4 Å². The van der Waals surface area contributed by atoms with Gasteiger partial charge in [0, 0.05) is 41.3 Å². The number of carbonyl (C=O) groups is 2. The largest absolute Gasteiger partial charge is 0.465 e. The van der Waals surface area contributed by atoms with Gasteiger partial charge in [-0.15, -0.1) is 28.1 Å². The Morgan fingerprint density at radius 3 is 2.40 bits per heavy atom. The molecule has 0 aliphatic carbocycles. The van der Waals surface area contributed by atoms with Crippen molar-refractivity contribution in [2.45, 2.75) is 32.5 Å². The molecular formula is C30H33N5O3S2. The molecule has 0 spiro atoms. The lowest BCUT2D eigenvalue weighted by atomic mass is 10.0. The number of allylic oxidation sites excluding steroid dienone is 1. The normalized spacial score (nSPS) is 10.8. The molecule has 2 aromatic carbocycles. The van der Waals surface area contributed by atoms with Crippen LogP contribution < -0.4 is 10.2 Å². The van der Waals surface area contributed by atoms with Gasteiger partial charge in [-0.2, -0.15) is 0 Å². The fraction of sp³-hybridized carbons (Fsp3) is 0.267. The molecule has 1 N–H and O–H groups in total. The molecule has 4 rings (SSSR count). The number of nitrogens with one attached hydrogen (secondary N) is 1. The average molecular weight is 576 g/mol. The van der Waals surface area contributed by atoms with E-state index in [0.29, 0.717) is 28.1 Å². The molecular weight excluding hydrogens is 542 g/mol. The summed E-state index contributed by atoms with van der Waals surface area (Å²) in [4.78, 5) is 29.0. The van der Waals surface area contributed by atoms with Gasteiger partial charge in [-0.3, -0.25) is 9.36 Å². The third-order valence-electron chi connectivity index (χ3n) is 6.40. The smallest absolute Gasteiger partial charge is 0.341 e. The Bertz CT molecular complexity index is 1480. The van der Waals surface area contributed by atoms with Crippen LogP contribution in [0.1, 0.15) is 29.1 Å². The van der Waals surface area contributed by atoms with E-state index >= 15 is 0 Å². The summed E-state index contributed by atoms with van der Waals surface area (Å²) in [6.07, 6.45) is 1.78. The number of aromatic nitrogens is 3. The number of nitrogens with zero attached hydrogens (tertiary/aromatic N) is 4. The van der Waals surface area contributed by atoms with E-state index in [1.807, 2.05) is 54.0 Å². The standard InChI is InChI=1S/C30H33N5O3S2/c1-6-18-35-27(22-14-16-23(17-15-22)34(7-2)8-3)32-33-30(35)39-19-24(36)31-28-26(29(37)38-5)25(20(4)40-28)21-12-10-9-11-13-21/h6,9-17H,1,7-8,18-19H2,2-5H3,(H,31,36). The number of amides is 1. The van der Waals surface area contributed by atoms with Gasteiger partial charge in [0.15, 0.2) is 11.0 Å². The van der Waals surface area contributed by atoms with E-state index in [1.54, 1.807) is 6.08 Å². The number of ether oxygens (including phenoxy) is 1. The molecule has 0 aliphatic rings. The molecule has 2 aromatic heterocycles. The molecule has 0 unspecified atom stereocenters. The second kappa shape index (κ2) is 13.5. The summed E-state index contributed by atoms with van der Waals surface area (Å²) in [5.74, 6) is 0.0557. The molecule has 1 amide bonds. The summed E-state index contributed by atoms with van der Waals surface area (Å²) in [6.45, 7) is 12.4. The zero-order chi connectivity index (χ0) is 28.6. The van der Waals surface area contributed by atoms with Crippen LogP contribution in [-0.2, 0) is 16.1 Å². The first-order valence-corrected chi connectivity index (χ1v) is 14.8. The van der Waals surface area contributed by atoms with E-state index < -0.39 is 5.97 Å². The van der Waals surface area contributed by atoms with Crippen LogP contribution in [0.4, 0.5) is 10.7 Å². The number of hydrogen-bond acceptors (Lipinski definition) is 8. The molecule has 0 saturated heterocycles. The van der Waals surface area contributed by atoms with E-state index in [-0.39, 0.29) is 11.7 Å². The number of rotatable bonds is 12. The van der Waals surface area contributed by atoms with Gasteiger partial charge in [0.05, 0.1) is 12.9 Å². The third-order valence-corrected chi connectivity index (χ3v) is 8.39. The van der Waals surface area contributed by atoms with E-state index in [2.05, 4.69) is 53.0 Å². The van der Waals surface area contributed by atoms with Crippen molar-refractivity contribution >= 4 is 45.7 Å². The van der Waals surface area contributed by atoms with E-state index in [0.717, 1.165) is 40.3 Å². The fourth-order valence-corrected chi connectivity index (χ4v) is 6.32. The maximum Gasteiger partial charge on any atom is 0.341 e. The fourth-order valence-electron chi connectivity index (χ4n) is 4.49. The van der Waals surface area contributed by atoms with Crippen LogP contribution in [0.2, 0.25) is 0 Å². The van der Waals surface area contributed by atoms with E-state index in [9.17, 15) is 9.59 Å². The predicted octanol–water partition coefficient (Wildman–Crippen LogP) is 6.53. The minimum absolute atomic E-state index is 0.0917. The van der Waals surface area contributed by atoms with Gasteiger partial charge < -0.3 is 15.0 Å². The van der Waals surface area contributed by atoms with Gasteiger partial charge in [-0.1, -0.05) is 48.2 Å². The Balaban J connectivity index is 1.52. The van der Waals surface area contributed by atoms with Gasteiger partial charge in [-0.05, 0) is 50.6 Å². The molecule has 0 saturated carbocycles. The zero-order valence-corrected chi connectivity index (χ0v) is 24.8. The highest BCUT2D eigenvalue weighted by Gasteiger charge is 2.25. The van der Waals surface area contributed by atoms with Crippen LogP contribution in [-0.4, -0.2) is 52.6 Å². The molecule has 0 fully saturated rings. The summed E-state index contributed by atoms with van der Waals surface area (Å²) in [6, 6.07) is 17.9. The highest BCUT2D eigenvalue weighted by atomic mass is 32.2. The van der Waals surface area contributed by atoms with Crippen molar-refractivity contribution in [3.8, 4) is 22.5 Å². The van der Waals surface area contributed by atoms with Gasteiger partial charge in [0.1, 0.15) is 10.6 Å². The molecule has 40 heavy (non-hydrogen) atoms. The van der Waals surface area contributed by atoms with Crippen molar-refractivity contribution in [3.05, 3.63) is 77.7 Å². The molecule has 208 valence electrons. The molecule has 0 radical (unpaired) electrons. The van der Waals surface area contributed by atoms with Gasteiger partial charge in [0.2, 0.25) is 5.91 Å². The maximum atomic E-state index is 13.1. The molecule has 0 bridgehead atoms. The predicted molar refractivity (Wildman–Crippen MR) is 164 cm³/mol. The van der Waals surface area contributed by atoms with Crippen LogP contribution in [0.25, 0.3) is 22.5 Å². The lowest BCUT2D eigenvalue weighted by Crippen LogP contribution is -2.21. The van der Waals surface area contributed by atoms with Gasteiger partial charge in [-0.25, -0.2) is 4.79 Å². The third kappa shape index (κ3) is 6.29. The molecule has 0 atom stereocenters. The topological polar surface area (TPSA) is 89.3 Å². The first kappa shape index (κ1) is 29.1. The molecule has 0 aliphatic heterocycles. The van der Waals surface area contributed by atoms with Crippen molar-refractivity contribution < 1.29 is 14.3 Å². The zero-order valence-electron chi connectivity index (χ0n) is 23.1. The number of anilines is 2. The summed E-state index contributed by atoms with van der Waals surface area (Å²) in [5, 5.41) is 12.8. The SMILES string of the molecule is C=CCn1c(SCC(=O)Nc2sc(C)c(-c3ccccc3)c2C(=O)OC)nnc1-c1ccc(N(CC)CC)cc1. The molecule has 10 heteroatoms. The summed E-state index contributed by atoms with van der Waals surface area (Å²) in [7, 11) is 1.34. The number of aryl methyl sites for hydroxylation is 1. The number of esters is 1. The minimum Gasteiger partial charge on any atom is -0.465 e. The highest BCUT2D eigenvalue weighted by molar-refractivity contribution is 7.99. The summed E-state index contributed by atoms with van der Waals surface area (Å²) >= 11 is 2.64. The van der Waals surface area contributed by atoms with Gasteiger partial charge >= 0.3 is 5.97 Å². The monoisotopic (exact) mass is 575 g/mol. The summed E-state index contributed by atoms with van der Waals surface area (Å²) in [5.41, 5.74) is 4.11. The van der Waals surface area contributed by atoms with E-state index in [4.69, 9.17) is 4.74 Å². The van der Waals surface area contributed by atoms with Crippen molar-refractivity contribution in [2.24, 2.45) is 0 Å². The molecule has 4 aromatic rings. The number of benzene rings is 2. The minimum atomic E-state index is -0.492. The highest BCUT2D eigenvalue weighted by Crippen LogP contribution is 2.40. The average Bonchev–Trinajstić information content (AvgIpc) is 3.53.